The van der Waals surface area contributed by atoms with Gasteiger partial charge < -0.3 is 4.90 Å². The summed E-state index contributed by atoms with van der Waals surface area (Å²) >= 11 is 0. The molecule has 4 aromatic rings. The van der Waals surface area contributed by atoms with Gasteiger partial charge in [0.15, 0.2) is 0 Å². The van der Waals surface area contributed by atoms with Crippen LogP contribution in [-0.2, 0) is 0 Å². The van der Waals surface area contributed by atoms with Gasteiger partial charge in [-0.05, 0) is 24.3 Å². The van der Waals surface area contributed by atoms with Crippen molar-refractivity contribution in [2.45, 2.75) is 0 Å². The van der Waals surface area contributed by atoms with E-state index in [4.69, 9.17) is 4.99 Å². The van der Waals surface area contributed by atoms with Crippen molar-refractivity contribution in [3.8, 4) is 11.3 Å². The Labute approximate surface area is 151 Å². The van der Waals surface area contributed by atoms with Crippen molar-refractivity contribution in [3.63, 3.8) is 0 Å². The quantitative estimate of drug-likeness (QED) is 0.489. The molecule has 26 heavy (non-hydrogen) atoms. The average molecular weight is 339 g/mol. The molecule has 0 radical (unpaired) electrons. The molecule has 0 aliphatic carbocycles. The number of nitrogens with zero attached hydrogens (tertiary/aromatic N) is 5. The van der Waals surface area contributed by atoms with Crippen molar-refractivity contribution in [1.29, 1.82) is 0 Å². The zero-order valence-electron chi connectivity index (χ0n) is 14.6. The van der Waals surface area contributed by atoms with Gasteiger partial charge in [0.2, 0.25) is 0 Å². The Morgan fingerprint density at radius 1 is 0.885 bits per heavy atom. The molecule has 126 valence electrons. The molecular weight excluding hydrogens is 322 g/mol. The lowest BCUT2D eigenvalue weighted by atomic mass is 10.0. The molecule has 0 atom stereocenters. The smallest absolute Gasteiger partial charge is 0.137 e. The van der Waals surface area contributed by atoms with Crippen molar-refractivity contribution in [2.24, 2.45) is 4.99 Å². The summed E-state index contributed by atoms with van der Waals surface area (Å²) in [4.78, 5) is 11.7. The largest absolute Gasteiger partial charge is 0.378 e. The van der Waals surface area contributed by atoms with Crippen LogP contribution in [-0.4, -0.2) is 34.4 Å². The van der Waals surface area contributed by atoms with Crippen LogP contribution < -0.4 is 4.90 Å². The maximum atomic E-state index is 5.02. The highest BCUT2D eigenvalue weighted by atomic mass is 15.2. The van der Waals surface area contributed by atoms with Crippen LogP contribution in [0.1, 0.15) is 11.1 Å². The van der Waals surface area contributed by atoms with Crippen molar-refractivity contribution >= 4 is 22.6 Å². The number of para-hydroxylation sites is 1. The van der Waals surface area contributed by atoms with Crippen molar-refractivity contribution < 1.29 is 0 Å². The molecule has 1 aliphatic heterocycles. The monoisotopic (exact) mass is 339 g/mol. The first-order valence-electron chi connectivity index (χ1n) is 8.51. The summed E-state index contributed by atoms with van der Waals surface area (Å²) in [5.74, 6) is 0. The zero-order chi connectivity index (χ0) is 17.7. The molecule has 0 amide bonds. The zero-order valence-corrected chi connectivity index (χ0v) is 14.6. The predicted molar refractivity (Wildman–Crippen MR) is 104 cm³/mol. The van der Waals surface area contributed by atoms with Gasteiger partial charge in [-0.25, -0.2) is 14.5 Å². The maximum Gasteiger partial charge on any atom is 0.137 e. The molecule has 0 bridgehead atoms. The predicted octanol–water partition coefficient (Wildman–Crippen LogP) is 3.94. The highest BCUT2D eigenvalue weighted by Gasteiger charge is 2.22. The first kappa shape index (κ1) is 14.8. The van der Waals surface area contributed by atoms with Gasteiger partial charge in [-0.15, -0.1) is 0 Å². The van der Waals surface area contributed by atoms with Crippen molar-refractivity contribution in [3.05, 3.63) is 78.2 Å². The lowest BCUT2D eigenvalue weighted by Gasteiger charge is -2.13. The molecule has 1 aliphatic rings. The number of benzene rings is 2. The number of hydrogen-bond donors (Lipinski definition) is 0. The molecule has 0 unspecified atom stereocenters. The van der Waals surface area contributed by atoms with E-state index in [0.29, 0.717) is 0 Å². The lowest BCUT2D eigenvalue weighted by Crippen LogP contribution is -2.09. The second-order valence-electron chi connectivity index (χ2n) is 6.55. The number of anilines is 1. The number of rotatable bonds is 2. The Kier molecular flexibility index (Phi) is 3.15. The SMILES string of the molecule is CN(C)c1ccc(C2=Nc3ccccc3-c3ncnn4ccc2c34)cc1. The number of aliphatic imine (C=N–C) groups is 1. The van der Waals surface area contributed by atoms with Crippen LogP contribution >= 0.6 is 0 Å². The Balaban J connectivity index is 1.81. The Bertz CT molecular complexity index is 1150. The minimum absolute atomic E-state index is 0.916. The second kappa shape index (κ2) is 5.52. The molecule has 0 saturated heterocycles. The number of aromatic nitrogens is 3. The van der Waals surface area contributed by atoms with Crippen LogP contribution in [0.25, 0.3) is 16.8 Å². The number of fused-ring (bicyclic) bond motifs is 2. The van der Waals surface area contributed by atoms with E-state index in [1.54, 1.807) is 6.33 Å². The molecule has 0 saturated carbocycles. The molecule has 0 spiro atoms. The Morgan fingerprint density at radius 3 is 2.50 bits per heavy atom. The fraction of sp³-hybridized carbons (Fsp3) is 0.0952. The molecule has 0 fully saturated rings. The van der Waals surface area contributed by atoms with Crippen LogP contribution in [0.2, 0.25) is 0 Å². The summed E-state index contributed by atoms with van der Waals surface area (Å²) in [5, 5.41) is 4.37. The molecular formula is C21H17N5. The van der Waals surface area contributed by atoms with Crippen LogP contribution in [0.5, 0.6) is 0 Å². The van der Waals surface area contributed by atoms with Crippen LogP contribution in [0.15, 0.2) is 72.1 Å². The van der Waals surface area contributed by atoms with Gasteiger partial charge in [0.05, 0.1) is 11.4 Å². The summed E-state index contributed by atoms with van der Waals surface area (Å²) in [7, 11) is 4.08. The van der Waals surface area contributed by atoms with Gasteiger partial charge in [0.25, 0.3) is 0 Å². The van der Waals surface area contributed by atoms with Gasteiger partial charge in [-0.2, -0.15) is 5.10 Å². The molecule has 2 aromatic carbocycles. The Morgan fingerprint density at radius 2 is 1.69 bits per heavy atom. The topological polar surface area (TPSA) is 45.8 Å². The molecule has 3 heterocycles. The first-order valence-corrected chi connectivity index (χ1v) is 8.51. The first-order chi connectivity index (χ1) is 12.7. The highest BCUT2D eigenvalue weighted by molar-refractivity contribution is 6.20. The number of hydrogen-bond acceptors (Lipinski definition) is 4. The standard InChI is InChI=1S/C21H17N5/c1-25(2)15-9-7-14(8-10-15)19-17-11-12-26-21(17)20(22-13-23-26)16-5-3-4-6-18(16)24-19/h3-13H,1-2H3. The minimum atomic E-state index is 0.916. The summed E-state index contributed by atoms with van der Waals surface area (Å²) in [5.41, 5.74) is 8.10. The normalized spacial score (nSPS) is 12.5. The highest BCUT2D eigenvalue weighted by Crippen LogP contribution is 2.37. The van der Waals surface area contributed by atoms with Crippen LogP contribution in [0.3, 0.4) is 0 Å². The molecule has 2 aromatic heterocycles. The maximum absolute atomic E-state index is 5.02. The molecule has 5 rings (SSSR count). The average Bonchev–Trinajstić information content (AvgIpc) is 3.04. The van der Waals surface area contributed by atoms with Crippen molar-refractivity contribution in [1.82, 2.24) is 14.6 Å². The summed E-state index contributed by atoms with van der Waals surface area (Å²) < 4.78 is 1.88. The van der Waals surface area contributed by atoms with Gasteiger partial charge in [0, 0.05) is 42.7 Å². The Hall–Kier alpha value is -3.47. The van der Waals surface area contributed by atoms with Crippen molar-refractivity contribution in [2.75, 3.05) is 19.0 Å². The summed E-state index contributed by atoms with van der Waals surface area (Å²) in [6.07, 6.45) is 3.56. The van der Waals surface area contributed by atoms with Gasteiger partial charge in [-0.3, -0.25) is 0 Å². The molecule has 5 nitrogen and oxygen atoms in total. The fourth-order valence-corrected chi connectivity index (χ4v) is 3.43. The van der Waals surface area contributed by atoms with Gasteiger partial charge in [0.1, 0.15) is 17.5 Å². The van der Waals surface area contributed by atoms with Gasteiger partial charge >= 0.3 is 0 Å². The van der Waals surface area contributed by atoms with E-state index in [-0.39, 0.29) is 0 Å². The summed E-state index contributed by atoms with van der Waals surface area (Å²) in [6, 6.07) is 18.7. The van der Waals surface area contributed by atoms with E-state index >= 15 is 0 Å². The summed E-state index contributed by atoms with van der Waals surface area (Å²) in [6.45, 7) is 0. The van der Waals surface area contributed by atoms with Crippen LogP contribution in [0, 0.1) is 0 Å². The second-order valence-corrected chi connectivity index (χ2v) is 6.55. The fourth-order valence-electron chi connectivity index (χ4n) is 3.43. The third-order valence-corrected chi connectivity index (χ3v) is 4.76. The van der Waals surface area contributed by atoms with E-state index in [1.165, 1.54) is 0 Å². The van der Waals surface area contributed by atoms with E-state index in [1.807, 2.05) is 43.0 Å². The van der Waals surface area contributed by atoms with E-state index in [2.05, 4.69) is 51.4 Å². The molecule has 0 N–H and O–H groups in total. The van der Waals surface area contributed by atoms with E-state index in [0.717, 1.165) is 45.0 Å². The third kappa shape index (κ3) is 2.14. The lowest BCUT2D eigenvalue weighted by molar-refractivity contribution is 0.906. The van der Waals surface area contributed by atoms with Crippen LogP contribution in [0.4, 0.5) is 11.4 Å². The van der Waals surface area contributed by atoms with E-state index < -0.39 is 0 Å². The third-order valence-electron chi connectivity index (χ3n) is 4.76. The van der Waals surface area contributed by atoms with Gasteiger partial charge in [-0.1, -0.05) is 30.3 Å². The minimum Gasteiger partial charge on any atom is -0.378 e. The molecule has 5 heteroatoms. The van der Waals surface area contributed by atoms with E-state index in [9.17, 15) is 0 Å².